The fourth-order valence-electron chi connectivity index (χ4n) is 4.74. The van der Waals surface area contributed by atoms with E-state index in [-0.39, 0.29) is 11.7 Å². The molecule has 0 saturated heterocycles. The molecule has 6 rings (SSSR count). The molecule has 0 atom stereocenters. The molecule has 1 N–H and O–H groups in total. The highest BCUT2D eigenvalue weighted by molar-refractivity contribution is 6.25. The van der Waals surface area contributed by atoms with Crippen LogP contribution < -0.4 is 10.5 Å². The molecule has 3 nitrogen and oxygen atoms in total. The van der Waals surface area contributed by atoms with Crippen LogP contribution in [0.4, 0.5) is 5.69 Å². The van der Waals surface area contributed by atoms with Gasteiger partial charge in [-0.25, -0.2) is 0 Å². The third-order valence-electron chi connectivity index (χ3n) is 6.26. The summed E-state index contributed by atoms with van der Waals surface area (Å²) in [5.74, 6) is -0.0411. The van der Waals surface area contributed by atoms with E-state index in [1.807, 2.05) is 84.9 Å². The van der Waals surface area contributed by atoms with E-state index in [0.29, 0.717) is 12.0 Å². The number of benzene rings is 5. The van der Waals surface area contributed by atoms with Gasteiger partial charge in [0.1, 0.15) is 0 Å². The van der Waals surface area contributed by atoms with E-state index < -0.39 is 0 Å². The van der Waals surface area contributed by atoms with Crippen LogP contribution in [0, 0.1) is 0 Å². The van der Waals surface area contributed by atoms with Crippen LogP contribution in [0.5, 0.6) is 0 Å². The van der Waals surface area contributed by atoms with Crippen LogP contribution in [0.25, 0.3) is 38.7 Å². The van der Waals surface area contributed by atoms with Crippen LogP contribution >= 0.6 is 0 Å². The molecule has 0 aliphatic heterocycles. The molecule has 5 aromatic carbocycles. The summed E-state index contributed by atoms with van der Waals surface area (Å²) < 4.78 is 0. The molecular formula is C29H19NO2. The van der Waals surface area contributed by atoms with Crippen molar-refractivity contribution in [3.8, 4) is 11.1 Å². The van der Waals surface area contributed by atoms with E-state index in [9.17, 15) is 9.59 Å². The summed E-state index contributed by atoms with van der Waals surface area (Å²) >= 11 is 0. The van der Waals surface area contributed by atoms with Crippen molar-refractivity contribution in [2.45, 2.75) is 6.42 Å². The van der Waals surface area contributed by atoms with E-state index in [0.717, 1.165) is 49.1 Å². The summed E-state index contributed by atoms with van der Waals surface area (Å²) in [6, 6.07) is 29.6. The normalized spacial score (nSPS) is 12.7. The highest BCUT2D eigenvalue weighted by atomic mass is 16.1. The standard InChI is InChI=1S/C29H19NO2/c31-26-17-13-20-11-10-19-12-14-23(22-15-16-24(26)28(20)27(19)22)29(32)30-25-9-5-4-8-21(25)18-6-2-1-3-7-18/h1-16H,17H2,(H,30,32). The Morgan fingerprint density at radius 3 is 2.38 bits per heavy atom. The van der Waals surface area contributed by atoms with E-state index in [1.165, 1.54) is 0 Å². The van der Waals surface area contributed by atoms with Gasteiger partial charge in [0.2, 0.25) is 0 Å². The molecule has 0 heterocycles. The number of hydrogen-bond donors (Lipinski definition) is 1. The second kappa shape index (κ2) is 7.17. The quantitative estimate of drug-likeness (QED) is 0.394. The van der Waals surface area contributed by atoms with Gasteiger partial charge in [-0.2, -0.15) is 0 Å². The first kappa shape index (κ1) is 18.5. The predicted molar refractivity (Wildman–Crippen MR) is 130 cm³/mol. The number of nitrogens with one attached hydrogen (secondary N) is 1. The van der Waals surface area contributed by atoms with Gasteiger partial charge >= 0.3 is 0 Å². The van der Waals surface area contributed by atoms with Gasteiger partial charge in [-0.3, -0.25) is 9.59 Å². The summed E-state index contributed by atoms with van der Waals surface area (Å²) in [4.78, 5) is 25.9. The first-order valence-corrected chi connectivity index (χ1v) is 10.7. The van der Waals surface area contributed by atoms with Crippen molar-refractivity contribution in [2.75, 3.05) is 5.32 Å². The Morgan fingerprint density at radius 2 is 1.50 bits per heavy atom. The molecular weight excluding hydrogens is 394 g/mol. The zero-order valence-electron chi connectivity index (χ0n) is 17.3. The fourth-order valence-corrected chi connectivity index (χ4v) is 4.74. The van der Waals surface area contributed by atoms with E-state index in [4.69, 9.17) is 0 Å². The van der Waals surface area contributed by atoms with Gasteiger partial charge in [-0.1, -0.05) is 84.9 Å². The van der Waals surface area contributed by atoms with E-state index in [2.05, 4.69) is 17.4 Å². The van der Waals surface area contributed by atoms with Crippen molar-refractivity contribution in [1.29, 1.82) is 0 Å². The van der Waals surface area contributed by atoms with Crippen LogP contribution in [-0.2, 0) is 0 Å². The molecule has 0 aromatic heterocycles. The SMILES string of the molecule is O=C(Nc1ccccc1-c1ccccc1)c1ccc2ccc3c4c(ccc1c24)C(=O)CC=3. The minimum atomic E-state index is -0.165. The molecule has 0 spiro atoms. The number of Topliss-reactive ketones (excluding diaryl/α,β-unsaturated/α-hetero) is 1. The second-order valence-electron chi connectivity index (χ2n) is 8.10. The summed E-state index contributed by atoms with van der Waals surface area (Å²) in [5, 5.41) is 8.00. The Morgan fingerprint density at radius 1 is 0.719 bits per heavy atom. The summed E-state index contributed by atoms with van der Waals surface area (Å²) in [6.45, 7) is 0. The average molecular weight is 413 g/mol. The summed E-state index contributed by atoms with van der Waals surface area (Å²) in [7, 11) is 0. The van der Waals surface area contributed by atoms with Gasteiger partial charge in [-0.05, 0) is 39.1 Å². The van der Waals surface area contributed by atoms with Crippen molar-refractivity contribution in [2.24, 2.45) is 0 Å². The number of carbonyl (C=O) groups is 2. The molecule has 3 heteroatoms. The average Bonchev–Trinajstić information content (AvgIpc) is 2.84. The number of para-hydroxylation sites is 1. The van der Waals surface area contributed by atoms with Crippen molar-refractivity contribution >= 4 is 45.0 Å². The molecule has 0 fully saturated rings. The number of carbonyl (C=O) groups excluding carboxylic acids is 2. The molecule has 1 aliphatic rings. The minimum Gasteiger partial charge on any atom is -0.321 e. The minimum absolute atomic E-state index is 0.124. The van der Waals surface area contributed by atoms with E-state index in [1.54, 1.807) is 0 Å². The van der Waals surface area contributed by atoms with Crippen LogP contribution in [-0.4, -0.2) is 11.7 Å². The largest absolute Gasteiger partial charge is 0.321 e. The molecule has 0 saturated carbocycles. The second-order valence-corrected chi connectivity index (χ2v) is 8.10. The van der Waals surface area contributed by atoms with Gasteiger partial charge < -0.3 is 5.32 Å². The Kier molecular flexibility index (Phi) is 4.15. The fraction of sp³-hybridized carbons (Fsp3) is 0.0345. The number of ketones is 1. The first-order valence-electron chi connectivity index (χ1n) is 10.7. The molecule has 0 radical (unpaired) electrons. The molecule has 152 valence electrons. The van der Waals surface area contributed by atoms with Crippen LogP contribution in [0.3, 0.4) is 0 Å². The first-order chi connectivity index (χ1) is 15.7. The van der Waals surface area contributed by atoms with Crippen LogP contribution in [0.2, 0.25) is 0 Å². The van der Waals surface area contributed by atoms with Gasteiger partial charge in [0.25, 0.3) is 5.91 Å². The summed E-state index contributed by atoms with van der Waals surface area (Å²) in [6.07, 6.45) is 2.40. The Bertz CT molecular complexity index is 1600. The van der Waals surface area contributed by atoms with Gasteiger partial charge in [0.05, 0.1) is 0 Å². The third kappa shape index (κ3) is 2.83. The maximum absolute atomic E-state index is 13.4. The highest BCUT2D eigenvalue weighted by Crippen LogP contribution is 2.33. The van der Waals surface area contributed by atoms with Crippen molar-refractivity contribution in [3.63, 3.8) is 0 Å². The van der Waals surface area contributed by atoms with Crippen molar-refractivity contribution in [3.05, 3.63) is 107 Å². The lowest BCUT2D eigenvalue weighted by Gasteiger charge is -2.17. The lowest BCUT2D eigenvalue weighted by molar-refractivity contribution is 0.0998. The molecule has 0 bridgehead atoms. The lowest BCUT2D eigenvalue weighted by atomic mass is 9.88. The predicted octanol–water partition coefficient (Wildman–Crippen LogP) is 6.00. The maximum atomic E-state index is 13.4. The number of amides is 1. The van der Waals surface area contributed by atoms with Crippen LogP contribution in [0.1, 0.15) is 27.1 Å². The van der Waals surface area contributed by atoms with Crippen molar-refractivity contribution < 1.29 is 9.59 Å². The smallest absolute Gasteiger partial charge is 0.256 e. The van der Waals surface area contributed by atoms with Gasteiger partial charge in [0.15, 0.2) is 5.78 Å². The Balaban J connectivity index is 1.49. The Hall–Kier alpha value is -4.24. The summed E-state index contributed by atoms with van der Waals surface area (Å²) in [5.41, 5.74) is 4.13. The number of rotatable bonds is 3. The Labute approximate surface area is 185 Å². The lowest BCUT2D eigenvalue weighted by Crippen LogP contribution is -2.16. The highest BCUT2D eigenvalue weighted by Gasteiger charge is 2.20. The number of anilines is 1. The van der Waals surface area contributed by atoms with Crippen LogP contribution in [0.15, 0.2) is 91.0 Å². The molecule has 0 unspecified atom stereocenters. The topological polar surface area (TPSA) is 46.2 Å². The van der Waals surface area contributed by atoms with E-state index >= 15 is 0 Å². The molecule has 32 heavy (non-hydrogen) atoms. The monoisotopic (exact) mass is 413 g/mol. The van der Waals surface area contributed by atoms with Gasteiger partial charge in [-0.15, -0.1) is 0 Å². The molecule has 5 aromatic rings. The zero-order valence-corrected chi connectivity index (χ0v) is 17.3. The third-order valence-corrected chi connectivity index (χ3v) is 6.26. The maximum Gasteiger partial charge on any atom is 0.256 e. The van der Waals surface area contributed by atoms with Gasteiger partial charge in [0, 0.05) is 34.2 Å². The zero-order chi connectivity index (χ0) is 21.7. The van der Waals surface area contributed by atoms with Crippen molar-refractivity contribution in [1.82, 2.24) is 0 Å². The molecule has 1 amide bonds. The number of hydrogen-bond acceptors (Lipinski definition) is 2. The molecule has 1 aliphatic carbocycles.